The van der Waals surface area contributed by atoms with E-state index in [-0.39, 0.29) is 0 Å². The lowest BCUT2D eigenvalue weighted by Gasteiger charge is -2.59. The zero-order valence-electron chi connectivity index (χ0n) is 14.3. The van der Waals surface area contributed by atoms with Crippen LogP contribution in [0.15, 0.2) is 18.2 Å². The van der Waals surface area contributed by atoms with Crippen LogP contribution in [0.25, 0.3) is 0 Å². The first-order valence-corrected chi connectivity index (χ1v) is 9.05. The number of carbonyl (C=O) groups excluding carboxylic acids is 1. The second-order valence-electron chi connectivity index (χ2n) is 7.73. The van der Waals surface area contributed by atoms with Gasteiger partial charge in [0.25, 0.3) is 0 Å². The molecule has 2 aliphatic carbocycles. The highest BCUT2D eigenvalue weighted by molar-refractivity contribution is 5.77. The summed E-state index contributed by atoms with van der Waals surface area (Å²) in [6.45, 7) is 3.42. The summed E-state index contributed by atoms with van der Waals surface area (Å²) in [6, 6.07) is 7.23. The van der Waals surface area contributed by atoms with Crippen LogP contribution in [0.2, 0.25) is 0 Å². The average Bonchev–Trinajstić information content (AvgIpc) is 2.56. The summed E-state index contributed by atoms with van der Waals surface area (Å²) >= 11 is 0. The molecule has 1 aliphatic heterocycles. The lowest BCUT2D eigenvalue weighted by atomic mass is 9.52. The number of carbonyl (C=O) groups is 1. The molecule has 23 heavy (non-hydrogen) atoms. The monoisotopic (exact) mass is 313 g/mol. The molecule has 3 heteroatoms. The van der Waals surface area contributed by atoms with Crippen molar-refractivity contribution in [3.8, 4) is 5.75 Å². The number of Topliss-reactive ketones (excluding diaryl/α,β-unsaturated/α-hetero) is 1. The molecule has 1 aromatic carbocycles. The molecule has 0 amide bonds. The van der Waals surface area contributed by atoms with Gasteiger partial charge in [0.15, 0.2) is 0 Å². The van der Waals surface area contributed by atoms with Crippen molar-refractivity contribution in [2.45, 2.75) is 56.9 Å². The van der Waals surface area contributed by atoms with E-state index in [4.69, 9.17) is 4.74 Å². The Morgan fingerprint density at radius 2 is 2.22 bits per heavy atom. The van der Waals surface area contributed by atoms with Crippen LogP contribution < -0.4 is 4.74 Å². The Bertz CT molecular complexity index is 626. The molecule has 2 fully saturated rings. The Labute approximate surface area is 139 Å². The maximum absolute atomic E-state index is 11.7. The third-order valence-electron chi connectivity index (χ3n) is 6.58. The van der Waals surface area contributed by atoms with Gasteiger partial charge in [-0.05, 0) is 68.3 Å². The highest BCUT2D eigenvalue weighted by Crippen LogP contribution is 2.56. The van der Waals surface area contributed by atoms with Crippen LogP contribution in [0.4, 0.5) is 0 Å². The van der Waals surface area contributed by atoms with Crippen molar-refractivity contribution in [2.24, 2.45) is 5.92 Å². The predicted molar refractivity (Wildman–Crippen MR) is 91.0 cm³/mol. The Morgan fingerprint density at radius 3 is 3.00 bits per heavy atom. The van der Waals surface area contributed by atoms with Crippen LogP contribution >= 0.6 is 0 Å². The number of hydrogen-bond donors (Lipinski definition) is 0. The molecule has 0 radical (unpaired) electrons. The van der Waals surface area contributed by atoms with Gasteiger partial charge < -0.3 is 4.74 Å². The normalized spacial score (nSPS) is 32.8. The van der Waals surface area contributed by atoms with Gasteiger partial charge in [-0.2, -0.15) is 0 Å². The minimum absolute atomic E-state index is 0.300. The van der Waals surface area contributed by atoms with Crippen LogP contribution in [-0.2, 0) is 16.6 Å². The molecular weight excluding hydrogens is 286 g/mol. The first-order valence-electron chi connectivity index (χ1n) is 9.05. The average molecular weight is 313 g/mol. The van der Waals surface area contributed by atoms with Gasteiger partial charge in [0.05, 0.1) is 13.7 Å². The molecule has 1 aromatic rings. The highest BCUT2D eigenvalue weighted by atomic mass is 16.5. The number of hydrogen-bond acceptors (Lipinski definition) is 3. The maximum Gasteiger partial charge on any atom is 0.143 e. The zero-order valence-corrected chi connectivity index (χ0v) is 14.3. The lowest BCUT2D eigenvalue weighted by Crippen LogP contribution is -2.61. The number of ketones is 1. The standard InChI is InChI=1S/C20H27NO2/c1-14(22)13-21-10-9-20-8-4-3-5-17(20)19(21)11-15-6-7-16(23-2)12-18(15)20/h6-7,12,17,19H,3-5,8-11,13H2,1-2H3/t17?,19-,20-/m1/s1. The lowest BCUT2D eigenvalue weighted by molar-refractivity contribution is -0.120. The van der Waals surface area contributed by atoms with E-state index < -0.39 is 0 Å². The molecule has 3 atom stereocenters. The quantitative estimate of drug-likeness (QED) is 0.857. The highest BCUT2D eigenvalue weighted by Gasteiger charge is 2.53. The fourth-order valence-electron chi connectivity index (χ4n) is 5.67. The van der Waals surface area contributed by atoms with E-state index in [0.29, 0.717) is 29.7 Å². The first kappa shape index (κ1) is 15.2. The molecule has 3 aliphatic rings. The largest absolute Gasteiger partial charge is 0.497 e. The molecular formula is C20H27NO2. The van der Waals surface area contributed by atoms with E-state index in [1.165, 1.54) is 37.7 Å². The number of ether oxygens (including phenoxy) is 1. The van der Waals surface area contributed by atoms with Crippen molar-refractivity contribution >= 4 is 5.78 Å². The summed E-state index contributed by atoms with van der Waals surface area (Å²) in [5, 5.41) is 0. The summed E-state index contributed by atoms with van der Waals surface area (Å²) in [6.07, 6.45) is 7.60. The zero-order chi connectivity index (χ0) is 16.0. The van der Waals surface area contributed by atoms with E-state index >= 15 is 0 Å². The van der Waals surface area contributed by atoms with Crippen LogP contribution in [-0.4, -0.2) is 36.9 Å². The third kappa shape index (κ3) is 2.32. The van der Waals surface area contributed by atoms with E-state index in [1.807, 2.05) is 0 Å². The minimum Gasteiger partial charge on any atom is -0.497 e. The van der Waals surface area contributed by atoms with Gasteiger partial charge in [-0.1, -0.05) is 18.9 Å². The fraction of sp³-hybridized carbons (Fsp3) is 0.650. The van der Waals surface area contributed by atoms with E-state index in [1.54, 1.807) is 19.6 Å². The SMILES string of the molecule is COc1ccc2c(c1)[C@@]13CCCCC1[C@@H](C2)N(CC(C)=O)CC3. The van der Waals surface area contributed by atoms with Gasteiger partial charge in [0.2, 0.25) is 0 Å². The smallest absolute Gasteiger partial charge is 0.143 e. The molecule has 0 aromatic heterocycles. The summed E-state index contributed by atoms with van der Waals surface area (Å²) in [4.78, 5) is 14.2. The molecule has 124 valence electrons. The number of methoxy groups -OCH3 is 1. The number of likely N-dealkylation sites (tertiary alicyclic amines) is 1. The van der Waals surface area contributed by atoms with Gasteiger partial charge in [0, 0.05) is 11.5 Å². The molecule has 4 rings (SSSR count). The summed E-state index contributed by atoms with van der Waals surface area (Å²) < 4.78 is 5.51. The molecule has 1 unspecified atom stereocenters. The van der Waals surface area contributed by atoms with Gasteiger partial charge in [-0.3, -0.25) is 9.69 Å². The van der Waals surface area contributed by atoms with Crippen molar-refractivity contribution in [1.29, 1.82) is 0 Å². The number of benzene rings is 1. The van der Waals surface area contributed by atoms with Crippen LogP contribution in [0.1, 0.15) is 50.2 Å². The van der Waals surface area contributed by atoms with Gasteiger partial charge in [-0.15, -0.1) is 0 Å². The number of nitrogens with zero attached hydrogens (tertiary/aromatic N) is 1. The van der Waals surface area contributed by atoms with Gasteiger partial charge in [-0.25, -0.2) is 0 Å². The Kier molecular flexibility index (Phi) is 3.72. The summed E-state index contributed by atoms with van der Waals surface area (Å²) in [5.41, 5.74) is 3.38. The maximum atomic E-state index is 11.7. The Hall–Kier alpha value is -1.35. The first-order chi connectivity index (χ1) is 11.1. The van der Waals surface area contributed by atoms with E-state index in [2.05, 4.69) is 23.1 Å². The molecule has 0 N–H and O–H groups in total. The molecule has 3 nitrogen and oxygen atoms in total. The second kappa shape index (κ2) is 5.62. The van der Waals surface area contributed by atoms with Crippen molar-refractivity contribution in [3.63, 3.8) is 0 Å². The van der Waals surface area contributed by atoms with E-state index in [0.717, 1.165) is 18.7 Å². The summed E-state index contributed by atoms with van der Waals surface area (Å²) in [5.74, 6) is 2.00. The second-order valence-corrected chi connectivity index (χ2v) is 7.73. The molecule has 1 saturated heterocycles. The molecule has 1 saturated carbocycles. The van der Waals surface area contributed by atoms with Crippen LogP contribution in [0.5, 0.6) is 5.75 Å². The minimum atomic E-state index is 0.300. The van der Waals surface area contributed by atoms with Gasteiger partial charge >= 0.3 is 0 Å². The Balaban J connectivity index is 1.79. The molecule has 2 bridgehead atoms. The fourth-order valence-corrected chi connectivity index (χ4v) is 5.67. The Morgan fingerprint density at radius 1 is 1.35 bits per heavy atom. The van der Waals surface area contributed by atoms with Crippen molar-refractivity contribution < 1.29 is 9.53 Å². The molecule has 0 spiro atoms. The van der Waals surface area contributed by atoms with Crippen LogP contribution in [0, 0.1) is 5.92 Å². The van der Waals surface area contributed by atoms with Crippen LogP contribution in [0.3, 0.4) is 0 Å². The number of piperidine rings is 1. The number of fused-ring (bicyclic) bond motifs is 1. The summed E-state index contributed by atoms with van der Waals surface area (Å²) in [7, 11) is 1.76. The molecule has 1 heterocycles. The third-order valence-corrected chi connectivity index (χ3v) is 6.58. The van der Waals surface area contributed by atoms with Gasteiger partial charge in [0.1, 0.15) is 11.5 Å². The topological polar surface area (TPSA) is 29.5 Å². The van der Waals surface area contributed by atoms with Crippen molar-refractivity contribution in [1.82, 2.24) is 4.90 Å². The van der Waals surface area contributed by atoms with E-state index in [9.17, 15) is 4.79 Å². The number of rotatable bonds is 3. The van der Waals surface area contributed by atoms with Crippen molar-refractivity contribution in [2.75, 3.05) is 20.2 Å². The van der Waals surface area contributed by atoms with Crippen molar-refractivity contribution in [3.05, 3.63) is 29.3 Å². The predicted octanol–water partition coefficient (Wildman–Crippen LogP) is 3.34.